The number of ether oxygens (including phenoxy) is 1. The molecular formula is C23H27F2N7O3. The number of nitrogens with zero attached hydrogens (tertiary/aromatic N) is 5. The molecule has 35 heavy (non-hydrogen) atoms. The highest BCUT2D eigenvalue weighted by atomic mass is 19.3. The number of amides is 1. The summed E-state index contributed by atoms with van der Waals surface area (Å²) >= 11 is 0. The van der Waals surface area contributed by atoms with E-state index >= 15 is 0 Å². The predicted molar refractivity (Wildman–Crippen MR) is 123 cm³/mol. The molecule has 3 aromatic heterocycles. The summed E-state index contributed by atoms with van der Waals surface area (Å²) in [6.45, 7) is 2.57. The Balaban J connectivity index is 1.32. The van der Waals surface area contributed by atoms with Crippen LogP contribution in [0.15, 0.2) is 24.8 Å². The van der Waals surface area contributed by atoms with Crippen LogP contribution in [0.2, 0.25) is 0 Å². The SMILES string of the molecule is C[C@H](CO)NC(=O)c1cc(N2CCC(c3c[nH]c4ncncc34)CC2)nc(OCC2CC2(F)F)n1. The zero-order valence-electron chi connectivity index (χ0n) is 19.2. The molecule has 0 radical (unpaired) electrons. The van der Waals surface area contributed by atoms with E-state index in [0.29, 0.717) is 24.8 Å². The van der Waals surface area contributed by atoms with Crippen LogP contribution in [0.4, 0.5) is 14.6 Å². The van der Waals surface area contributed by atoms with Crippen LogP contribution in [-0.4, -0.2) is 74.2 Å². The first-order valence-electron chi connectivity index (χ1n) is 11.7. The van der Waals surface area contributed by atoms with Crippen molar-refractivity contribution in [3.63, 3.8) is 0 Å². The first-order valence-corrected chi connectivity index (χ1v) is 11.7. The zero-order chi connectivity index (χ0) is 24.6. The minimum atomic E-state index is -2.72. The quantitative estimate of drug-likeness (QED) is 0.441. The maximum absolute atomic E-state index is 13.3. The standard InChI is InChI=1S/C23H27F2N7O3/c1-13(10-33)29-21(34)18-6-19(31-22(30-18)35-11-15-7-23(15,24)25)32-4-2-14(3-5-32)16-9-27-20-17(16)8-26-12-28-20/h6,8-9,12-15,33H,2-5,7,10-11H2,1H3,(H,29,34)(H,26,27,28)/t13-,15?/m1/s1. The van der Waals surface area contributed by atoms with Gasteiger partial charge in [-0.25, -0.2) is 18.7 Å². The maximum atomic E-state index is 13.3. The molecule has 1 aliphatic heterocycles. The van der Waals surface area contributed by atoms with Crippen molar-refractivity contribution in [2.75, 3.05) is 31.2 Å². The van der Waals surface area contributed by atoms with Crippen molar-refractivity contribution in [3.8, 4) is 6.01 Å². The molecule has 1 amide bonds. The van der Waals surface area contributed by atoms with E-state index in [-0.39, 0.29) is 31.3 Å². The number of rotatable bonds is 8. The van der Waals surface area contributed by atoms with Gasteiger partial charge in [0.25, 0.3) is 11.8 Å². The van der Waals surface area contributed by atoms with E-state index in [0.717, 1.165) is 23.9 Å². The van der Waals surface area contributed by atoms with Crippen molar-refractivity contribution in [2.24, 2.45) is 5.92 Å². The molecule has 3 aromatic rings. The van der Waals surface area contributed by atoms with Crippen molar-refractivity contribution >= 4 is 22.8 Å². The van der Waals surface area contributed by atoms with Crippen LogP contribution in [0, 0.1) is 5.92 Å². The molecular weight excluding hydrogens is 460 g/mol. The smallest absolute Gasteiger partial charge is 0.319 e. The van der Waals surface area contributed by atoms with E-state index < -0.39 is 23.8 Å². The summed E-state index contributed by atoms with van der Waals surface area (Å²) in [6.07, 6.45) is 6.78. The van der Waals surface area contributed by atoms with Gasteiger partial charge in [-0.1, -0.05) is 0 Å². The van der Waals surface area contributed by atoms with Crippen LogP contribution in [-0.2, 0) is 0 Å². The Morgan fingerprint density at radius 1 is 1.37 bits per heavy atom. The molecule has 12 heteroatoms. The van der Waals surface area contributed by atoms with Gasteiger partial charge in [-0.05, 0) is 31.2 Å². The fourth-order valence-electron chi connectivity index (χ4n) is 4.36. The van der Waals surface area contributed by atoms with Crippen molar-refractivity contribution < 1.29 is 23.4 Å². The van der Waals surface area contributed by atoms with Gasteiger partial charge in [-0.15, -0.1) is 0 Å². The second-order valence-electron chi connectivity index (χ2n) is 9.21. The van der Waals surface area contributed by atoms with Gasteiger partial charge in [0.05, 0.1) is 12.5 Å². The lowest BCUT2D eigenvalue weighted by atomic mass is 9.90. The molecule has 2 aliphatic rings. The summed E-state index contributed by atoms with van der Waals surface area (Å²) in [6, 6.07) is 0.993. The lowest BCUT2D eigenvalue weighted by Crippen LogP contribution is -2.36. The van der Waals surface area contributed by atoms with Gasteiger partial charge in [0.2, 0.25) is 0 Å². The summed E-state index contributed by atoms with van der Waals surface area (Å²) in [5.41, 5.74) is 2.04. The minimum absolute atomic E-state index is 0.0590. The summed E-state index contributed by atoms with van der Waals surface area (Å²) in [7, 11) is 0. The molecule has 186 valence electrons. The van der Waals surface area contributed by atoms with E-state index in [1.165, 1.54) is 11.9 Å². The van der Waals surface area contributed by atoms with Crippen LogP contribution in [0.5, 0.6) is 6.01 Å². The number of aliphatic hydroxyl groups excluding tert-OH is 1. The number of halogens is 2. The number of hydrogen-bond acceptors (Lipinski definition) is 8. The Bertz CT molecular complexity index is 1210. The van der Waals surface area contributed by atoms with E-state index in [1.807, 2.05) is 17.3 Å². The molecule has 1 saturated heterocycles. The molecule has 1 saturated carbocycles. The third kappa shape index (κ3) is 5.02. The average Bonchev–Trinajstić information content (AvgIpc) is 3.27. The van der Waals surface area contributed by atoms with Crippen molar-refractivity contribution in [1.29, 1.82) is 0 Å². The van der Waals surface area contributed by atoms with Gasteiger partial charge in [-0.2, -0.15) is 9.97 Å². The summed E-state index contributed by atoms with van der Waals surface area (Å²) in [5, 5.41) is 12.9. The van der Waals surface area contributed by atoms with Crippen LogP contribution in [0.1, 0.15) is 48.2 Å². The molecule has 0 aromatic carbocycles. The number of aliphatic hydroxyl groups is 1. The molecule has 1 aliphatic carbocycles. The van der Waals surface area contributed by atoms with Crippen LogP contribution in [0.25, 0.3) is 11.0 Å². The number of carbonyl (C=O) groups is 1. The topological polar surface area (TPSA) is 129 Å². The van der Waals surface area contributed by atoms with E-state index in [4.69, 9.17) is 4.74 Å². The highest BCUT2D eigenvalue weighted by molar-refractivity contribution is 5.93. The first kappa shape index (κ1) is 23.3. The van der Waals surface area contributed by atoms with Gasteiger partial charge < -0.3 is 25.0 Å². The Kier molecular flexibility index (Phi) is 6.22. The molecule has 3 N–H and O–H groups in total. The number of fused-ring (bicyclic) bond motifs is 1. The number of nitrogens with one attached hydrogen (secondary N) is 2. The molecule has 10 nitrogen and oxygen atoms in total. The lowest BCUT2D eigenvalue weighted by molar-refractivity contribution is 0.0835. The number of anilines is 1. The minimum Gasteiger partial charge on any atom is -0.463 e. The number of hydrogen-bond donors (Lipinski definition) is 3. The van der Waals surface area contributed by atoms with Crippen molar-refractivity contribution in [3.05, 3.63) is 36.0 Å². The van der Waals surface area contributed by atoms with Gasteiger partial charge >= 0.3 is 6.01 Å². The van der Waals surface area contributed by atoms with Gasteiger partial charge in [0.15, 0.2) is 0 Å². The number of carbonyl (C=O) groups excluding carboxylic acids is 1. The third-order valence-corrected chi connectivity index (χ3v) is 6.59. The van der Waals surface area contributed by atoms with Crippen LogP contribution >= 0.6 is 0 Å². The van der Waals surface area contributed by atoms with Crippen LogP contribution in [0.3, 0.4) is 0 Å². The van der Waals surface area contributed by atoms with E-state index in [2.05, 4.69) is 30.2 Å². The molecule has 2 atom stereocenters. The number of piperidine rings is 1. The summed E-state index contributed by atoms with van der Waals surface area (Å²) in [4.78, 5) is 34.8. The normalized spacial score (nSPS) is 20.6. The van der Waals surface area contributed by atoms with Gasteiger partial charge in [0, 0.05) is 49.4 Å². The third-order valence-electron chi connectivity index (χ3n) is 6.59. The number of H-pyrrole nitrogens is 1. The van der Waals surface area contributed by atoms with Crippen molar-refractivity contribution in [2.45, 2.75) is 44.1 Å². The van der Waals surface area contributed by atoms with Gasteiger partial charge in [0.1, 0.15) is 30.1 Å². The second kappa shape index (κ2) is 9.33. The monoisotopic (exact) mass is 487 g/mol. The average molecular weight is 488 g/mol. The largest absolute Gasteiger partial charge is 0.463 e. The Labute approximate surface area is 200 Å². The lowest BCUT2D eigenvalue weighted by Gasteiger charge is -2.33. The fraction of sp³-hybridized carbons (Fsp3) is 0.522. The first-order chi connectivity index (χ1) is 16.8. The van der Waals surface area contributed by atoms with E-state index in [9.17, 15) is 18.7 Å². The predicted octanol–water partition coefficient (Wildman–Crippen LogP) is 2.28. The molecule has 1 unspecified atom stereocenters. The molecule has 0 bridgehead atoms. The Morgan fingerprint density at radius 2 is 2.14 bits per heavy atom. The molecule has 4 heterocycles. The van der Waals surface area contributed by atoms with E-state index in [1.54, 1.807) is 13.0 Å². The van der Waals surface area contributed by atoms with Gasteiger partial charge in [-0.3, -0.25) is 4.79 Å². The highest BCUT2D eigenvalue weighted by Gasteiger charge is 2.57. The maximum Gasteiger partial charge on any atom is 0.319 e. The molecule has 2 fully saturated rings. The fourth-order valence-corrected chi connectivity index (χ4v) is 4.36. The zero-order valence-corrected chi connectivity index (χ0v) is 19.2. The Morgan fingerprint density at radius 3 is 2.86 bits per heavy atom. The molecule has 0 spiro atoms. The van der Waals surface area contributed by atoms with Crippen LogP contribution < -0.4 is 15.0 Å². The number of aromatic nitrogens is 5. The molecule has 5 rings (SSSR count). The van der Waals surface area contributed by atoms with Crippen molar-refractivity contribution in [1.82, 2.24) is 30.2 Å². The highest BCUT2D eigenvalue weighted by Crippen LogP contribution is 2.48. The number of alkyl halides is 2. The summed E-state index contributed by atoms with van der Waals surface area (Å²) < 4.78 is 32.0. The second-order valence-corrected chi connectivity index (χ2v) is 9.21. The Hall–Kier alpha value is -3.41. The summed E-state index contributed by atoms with van der Waals surface area (Å²) in [5.74, 6) is -3.26. The number of aromatic amines is 1.